The zero-order valence-electron chi connectivity index (χ0n) is 13.8. The summed E-state index contributed by atoms with van der Waals surface area (Å²) in [4.78, 5) is 23.0. The van der Waals surface area contributed by atoms with Crippen LogP contribution in [0.4, 0.5) is 11.6 Å². The molecule has 2 aromatic rings. The number of anilines is 2. The van der Waals surface area contributed by atoms with E-state index in [-0.39, 0.29) is 5.91 Å². The van der Waals surface area contributed by atoms with E-state index in [9.17, 15) is 4.79 Å². The topological polar surface area (TPSA) is 58.1 Å². The van der Waals surface area contributed by atoms with Crippen molar-refractivity contribution in [2.24, 2.45) is 0 Å². The fraction of sp³-hybridized carbons (Fsp3) is 0.353. The molecule has 0 radical (unpaired) electrons. The van der Waals surface area contributed by atoms with Crippen LogP contribution in [-0.2, 0) is 6.42 Å². The third kappa shape index (κ3) is 3.42. The number of hydrogen-bond acceptors (Lipinski definition) is 4. The predicted molar refractivity (Wildman–Crippen MR) is 89.6 cm³/mol. The Morgan fingerprint density at radius 2 is 1.64 bits per heavy atom. The summed E-state index contributed by atoms with van der Waals surface area (Å²) in [6.07, 6.45) is 0.958. The number of amides is 1. The van der Waals surface area contributed by atoms with Gasteiger partial charge in [-0.25, -0.2) is 9.97 Å². The summed E-state index contributed by atoms with van der Waals surface area (Å²) in [6, 6.07) is 7.63. The fourth-order valence-corrected chi connectivity index (χ4v) is 2.16. The molecule has 0 aliphatic carbocycles. The molecule has 0 bridgehead atoms. The summed E-state index contributed by atoms with van der Waals surface area (Å²) in [6.45, 7) is 5.83. The van der Waals surface area contributed by atoms with Gasteiger partial charge in [0, 0.05) is 19.7 Å². The van der Waals surface area contributed by atoms with E-state index < -0.39 is 0 Å². The minimum Gasteiger partial charge on any atom is -0.347 e. The minimum atomic E-state index is -0.143. The molecule has 1 heterocycles. The molecule has 5 heteroatoms. The van der Waals surface area contributed by atoms with Crippen molar-refractivity contribution in [2.45, 2.75) is 27.2 Å². The van der Waals surface area contributed by atoms with Crippen LogP contribution < -0.4 is 10.2 Å². The molecule has 1 aromatic carbocycles. The van der Waals surface area contributed by atoms with Gasteiger partial charge in [-0.15, -0.1) is 0 Å². The average Bonchev–Trinajstić information content (AvgIpc) is 2.50. The standard InChI is InChI=1S/C17H22N4O/c1-6-13-7-9-14(10-8-13)16(22)20-15-11(2)18-17(21(4)5)19-12(15)3/h7-10H,6H2,1-5H3,(H,20,22). The summed E-state index contributed by atoms with van der Waals surface area (Å²) in [5, 5.41) is 2.92. The molecule has 1 amide bonds. The van der Waals surface area contributed by atoms with E-state index in [0.29, 0.717) is 17.2 Å². The van der Waals surface area contributed by atoms with E-state index in [1.807, 2.05) is 57.1 Å². The Bertz CT molecular complexity index is 655. The molecule has 0 aliphatic rings. The van der Waals surface area contributed by atoms with E-state index in [4.69, 9.17) is 0 Å². The zero-order chi connectivity index (χ0) is 16.3. The van der Waals surface area contributed by atoms with Crippen LogP contribution in [-0.4, -0.2) is 30.0 Å². The van der Waals surface area contributed by atoms with Crippen LogP contribution in [0.5, 0.6) is 0 Å². The molecule has 0 aliphatic heterocycles. The van der Waals surface area contributed by atoms with Crippen molar-refractivity contribution >= 4 is 17.5 Å². The number of aromatic nitrogens is 2. The normalized spacial score (nSPS) is 10.4. The smallest absolute Gasteiger partial charge is 0.255 e. The van der Waals surface area contributed by atoms with Crippen LogP contribution in [0.25, 0.3) is 0 Å². The van der Waals surface area contributed by atoms with Gasteiger partial charge in [0.2, 0.25) is 5.95 Å². The summed E-state index contributed by atoms with van der Waals surface area (Å²) in [5.41, 5.74) is 4.04. The molecule has 1 aromatic heterocycles. The number of carbonyl (C=O) groups excluding carboxylic acids is 1. The third-order valence-electron chi connectivity index (χ3n) is 3.52. The number of rotatable bonds is 4. The maximum Gasteiger partial charge on any atom is 0.255 e. The SMILES string of the molecule is CCc1ccc(C(=O)Nc2c(C)nc(N(C)C)nc2C)cc1. The number of aryl methyl sites for hydroxylation is 3. The van der Waals surface area contributed by atoms with Crippen molar-refractivity contribution in [3.63, 3.8) is 0 Å². The Hall–Kier alpha value is -2.43. The van der Waals surface area contributed by atoms with Gasteiger partial charge in [-0.1, -0.05) is 19.1 Å². The summed E-state index contributed by atoms with van der Waals surface area (Å²) in [5.74, 6) is 0.496. The highest BCUT2D eigenvalue weighted by molar-refractivity contribution is 6.04. The molecule has 0 fully saturated rings. The third-order valence-corrected chi connectivity index (χ3v) is 3.52. The molecule has 22 heavy (non-hydrogen) atoms. The highest BCUT2D eigenvalue weighted by Gasteiger charge is 2.13. The van der Waals surface area contributed by atoms with Crippen molar-refractivity contribution in [3.05, 3.63) is 46.8 Å². The van der Waals surface area contributed by atoms with Gasteiger partial charge in [0.25, 0.3) is 5.91 Å². The van der Waals surface area contributed by atoms with Crippen LogP contribution in [0, 0.1) is 13.8 Å². The molecule has 1 N–H and O–H groups in total. The highest BCUT2D eigenvalue weighted by Crippen LogP contribution is 2.20. The average molecular weight is 298 g/mol. The molecule has 0 spiro atoms. The quantitative estimate of drug-likeness (QED) is 0.942. The van der Waals surface area contributed by atoms with Crippen molar-refractivity contribution in [1.29, 1.82) is 0 Å². The van der Waals surface area contributed by atoms with Crippen LogP contribution in [0.3, 0.4) is 0 Å². The zero-order valence-corrected chi connectivity index (χ0v) is 13.8. The second-order valence-corrected chi connectivity index (χ2v) is 5.47. The van der Waals surface area contributed by atoms with Crippen LogP contribution >= 0.6 is 0 Å². The second kappa shape index (κ2) is 6.56. The highest BCUT2D eigenvalue weighted by atomic mass is 16.1. The van der Waals surface area contributed by atoms with Crippen molar-refractivity contribution in [1.82, 2.24) is 9.97 Å². The monoisotopic (exact) mass is 298 g/mol. The van der Waals surface area contributed by atoms with E-state index in [1.165, 1.54) is 5.56 Å². The Labute approximate surface area is 131 Å². The number of carbonyl (C=O) groups is 1. The Morgan fingerprint density at radius 3 is 2.09 bits per heavy atom. The lowest BCUT2D eigenvalue weighted by Gasteiger charge is -2.15. The fourth-order valence-electron chi connectivity index (χ4n) is 2.16. The Kier molecular flexibility index (Phi) is 4.75. The number of hydrogen-bond donors (Lipinski definition) is 1. The number of benzene rings is 1. The molecule has 0 unspecified atom stereocenters. The summed E-state index contributed by atoms with van der Waals surface area (Å²) in [7, 11) is 3.78. The first-order valence-electron chi connectivity index (χ1n) is 7.35. The molecule has 116 valence electrons. The molecule has 0 atom stereocenters. The molecule has 2 rings (SSSR count). The van der Waals surface area contributed by atoms with Crippen LogP contribution in [0.15, 0.2) is 24.3 Å². The molecular formula is C17H22N4O. The van der Waals surface area contributed by atoms with Gasteiger partial charge in [-0.3, -0.25) is 4.79 Å². The van der Waals surface area contributed by atoms with Gasteiger partial charge in [-0.05, 0) is 38.0 Å². The van der Waals surface area contributed by atoms with Gasteiger partial charge in [0.15, 0.2) is 0 Å². The van der Waals surface area contributed by atoms with E-state index in [2.05, 4.69) is 22.2 Å². The maximum atomic E-state index is 12.4. The molecule has 0 saturated heterocycles. The molecule has 5 nitrogen and oxygen atoms in total. The minimum absolute atomic E-state index is 0.143. The summed E-state index contributed by atoms with van der Waals surface area (Å²) < 4.78 is 0. The number of nitrogens with zero attached hydrogens (tertiary/aromatic N) is 3. The molecular weight excluding hydrogens is 276 g/mol. The second-order valence-electron chi connectivity index (χ2n) is 5.47. The lowest BCUT2D eigenvalue weighted by Crippen LogP contribution is -2.18. The van der Waals surface area contributed by atoms with Crippen molar-refractivity contribution in [2.75, 3.05) is 24.3 Å². The predicted octanol–water partition coefficient (Wildman–Crippen LogP) is 2.97. The molecule has 0 saturated carbocycles. The first kappa shape index (κ1) is 15.9. The Morgan fingerprint density at radius 1 is 1.09 bits per heavy atom. The van der Waals surface area contributed by atoms with Gasteiger partial charge < -0.3 is 10.2 Å². The number of nitrogens with one attached hydrogen (secondary N) is 1. The largest absolute Gasteiger partial charge is 0.347 e. The van der Waals surface area contributed by atoms with Crippen LogP contribution in [0.1, 0.15) is 34.2 Å². The van der Waals surface area contributed by atoms with Gasteiger partial charge in [-0.2, -0.15) is 0 Å². The van der Waals surface area contributed by atoms with Crippen molar-refractivity contribution in [3.8, 4) is 0 Å². The van der Waals surface area contributed by atoms with Gasteiger partial charge in [0.05, 0.1) is 17.1 Å². The van der Waals surface area contributed by atoms with E-state index in [0.717, 1.165) is 17.8 Å². The summed E-state index contributed by atoms with van der Waals surface area (Å²) >= 11 is 0. The van der Waals surface area contributed by atoms with Gasteiger partial charge in [0.1, 0.15) is 0 Å². The van der Waals surface area contributed by atoms with Crippen LogP contribution in [0.2, 0.25) is 0 Å². The van der Waals surface area contributed by atoms with E-state index >= 15 is 0 Å². The Balaban J connectivity index is 2.24. The van der Waals surface area contributed by atoms with Crippen molar-refractivity contribution < 1.29 is 4.79 Å². The maximum absolute atomic E-state index is 12.4. The van der Waals surface area contributed by atoms with Gasteiger partial charge >= 0.3 is 0 Å². The first-order valence-corrected chi connectivity index (χ1v) is 7.35. The first-order chi connectivity index (χ1) is 10.4. The van der Waals surface area contributed by atoms with E-state index in [1.54, 1.807) is 0 Å². The lowest BCUT2D eigenvalue weighted by atomic mass is 10.1. The lowest BCUT2D eigenvalue weighted by molar-refractivity contribution is 0.102.